The number of hydrogen-bond acceptors (Lipinski definition) is 7. The normalized spacial score (nSPS) is 13.6. The van der Waals surface area contributed by atoms with E-state index in [4.69, 9.17) is 10.5 Å². The Hall–Kier alpha value is -1.63. The van der Waals surface area contributed by atoms with Crippen LogP contribution >= 0.6 is 11.3 Å². The molecule has 0 saturated heterocycles. The SMILES string of the molecule is CCCC[C@@](CCC(=O)[O-])(C(=O)OCC)c1cnc(N)s1. The van der Waals surface area contributed by atoms with Gasteiger partial charge in [-0.05, 0) is 26.2 Å². The van der Waals surface area contributed by atoms with Gasteiger partial charge in [0.15, 0.2) is 5.13 Å². The van der Waals surface area contributed by atoms with Crippen molar-refractivity contribution in [3.05, 3.63) is 11.1 Å². The van der Waals surface area contributed by atoms with E-state index in [1.807, 2.05) is 6.92 Å². The Bertz CT molecular complexity index is 489. The molecule has 21 heavy (non-hydrogen) atoms. The molecular formula is C14H21N2O4S-. The summed E-state index contributed by atoms with van der Waals surface area (Å²) in [5.41, 5.74) is 4.66. The Morgan fingerprint density at radius 2 is 2.14 bits per heavy atom. The highest BCUT2D eigenvalue weighted by Crippen LogP contribution is 2.39. The molecule has 2 N–H and O–H groups in total. The van der Waals surface area contributed by atoms with Crippen molar-refractivity contribution < 1.29 is 19.4 Å². The molecule has 1 aromatic heterocycles. The quantitative estimate of drug-likeness (QED) is 0.688. The monoisotopic (exact) mass is 313 g/mol. The fraction of sp³-hybridized carbons (Fsp3) is 0.643. The summed E-state index contributed by atoms with van der Waals surface area (Å²) in [6.07, 6.45) is 3.65. The summed E-state index contributed by atoms with van der Waals surface area (Å²) in [7, 11) is 0. The fourth-order valence-corrected chi connectivity index (χ4v) is 3.17. The highest BCUT2D eigenvalue weighted by molar-refractivity contribution is 7.15. The first-order chi connectivity index (χ1) is 9.96. The number of aromatic nitrogens is 1. The van der Waals surface area contributed by atoms with E-state index in [1.165, 1.54) is 11.3 Å². The summed E-state index contributed by atoms with van der Waals surface area (Å²) in [5.74, 6) is -1.60. The molecule has 7 heteroatoms. The number of nitrogens with two attached hydrogens (primary N) is 1. The van der Waals surface area contributed by atoms with Gasteiger partial charge in [0.25, 0.3) is 0 Å². The minimum atomic E-state index is -1.18. The Morgan fingerprint density at radius 3 is 2.62 bits per heavy atom. The van der Waals surface area contributed by atoms with Gasteiger partial charge >= 0.3 is 5.97 Å². The Kier molecular flexibility index (Phi) is 6.61. The number of anilines is 1. The first-order valence-electron chi connectivity index (χ1n) is 7.05. The van der Waals surface area contributed by atoms with E-state index in [0.29, 0.717) is 16.4 Å². The molecule has 1 atom stereocenters. The number of nitrogen functional groups attached to an aromatic ring is 1. The first-order valence-corrected chi connectivity index (χ1v) is 7.86. The third-order valence-corrected chi connectivity index (χ3v) is 4.41. The van der Waals surface area contributed by atoms with Crippen molar-refractivity contribution in [3.63, 3.8) is 0 Å². The average molecular weight is 313 g/mol. The minimum Gasteiger partial charge on any atom is -0.550 e. The molecular weight excluding hydrogens is 292 g/mol. The molecule has 1 heterocycles. The lowest BCUT2D eigenvalue weighted by atomic mass is 9.77. The zero-order valence-corrected chi connectivity index (χ0v) is 13.2. The number of nitrogens with zero attached hydrogens (tertiary/aromatic N) is 1. The van der Waals surface area contributed by atoms with Crippen molar-refractivity contribution in [2.45, 2.75) is 51.4 Å². The van der Waals surface area contributed by atoms with Crippen LogP contribution in [0.25, 0.3) is 0 Å². The van der Waals surface area contributed by atoms with Gasteiger partial charge < -0.3 is 20.4 Å². The van der Waals surface area contributed by atoms with E-state index in [9.17, 15) is 14.7 Å². The van der Waals surface area contributed by atoms with Gasteiger partial charge in [-0.3, -0.25) is 4.79 Å². The van der Waals surface area contributed by atoms with E-state index in [0.717, 1.165) is 12.8 Å². The summed E-state index contributed by atoms with van der Waals surface area (Å²) in [4.78, 5) is 28.0. The summed E-state index contributed by atoms with van der Waals surface area (Å²) in [6.45, 7) is 3.98. The predicted octanol–water partition coefficient (Wildman–Crippen LogP) is 1.25. The van der Waals surface area contributed by atoms with Crippen molar-refractivity contribution in [2.24, 2.45) is 0 Å². The summed E-state index contributed by atoms with van der Waals surface area (Å²) in [6, 6.07) is 0. The highest BCUT2D eigenvalue weighted by Gasteiger charge is 2.42. The second-order valence-corrected chi connectivity index (χ2v) is 5.90. The third kappa shape index (κ3) is 4.42. The smallest absolute Gasteiger partial charge is 0.317 e. The van der Waals surface area contributed by atoms with E-state index in [2.05, 4.69) is 4.98 Å². The van der Waals surface area contributed by atoms with Crippen molar-refractivity contribution in [1.82, 2.24) is 4.98 Å². The molecule has 118 valence electrons. The van der Waals surface area contributed by atoms with Crippen molar-refractivity contribution in [1.29, 1.82) is 0 Å². The van der Waals surface area contributed by atoms with Crippen LogP contribution < -0.4 is 10.8 Å². The summed E-state index contributed by atoms with van der Waals surface area (Å²) < 4.78 is 5.19. The Balaban J connectivity index is 3.18. The average Bonchev–Trinajstić information content (AvgIpc) is 2.86. The number of esters is 1. The first kappa shape index (κ1) is 17.4. The highest BCUT2D eigenvalue weighted by atomic mass is 32.1. The van der Waals surface area contributed by atoms with Crippen LogP contribution in [0, 0.1) is 0 Å². The van der Waals surface area contributed by atoms with Gasteiger partial charge in [0, 0.05) is 17.0 Å². The van der Waals surface area contributed by atoms with Crippen LogP contribution in [-0.2, 0) is 19.7 Å². The number of thiazole rings is 1. The van der Waals surface area contributed by atoms with E-state index >= 15 is 0 Å². The van der Waals surface area contributed by atoms with E-state index in [-0.39, 0.29) is 19.4 Å². The Morgan fingerprint density at radius 1 is 1.43 bits per heavy atom. The van der Waals surface area contributed by atoms with Gasteiger partial charge in [-0.25, -0.2) is 4.98 Å². The molecule has 0 fully saturated rings. The molecule has 1 aromatic rings. The number of hydrogen-bond donors (Lipinski definition) is 1. The maximum Gasteiger partial charge on any atom is 0.317 e. The van der Waals surface area contributed by atoms with Crippen LogP contribution in [0.15, 0.2) is 6.20 Å². The lowest BCUT2D eigenvalue weighted by molar-refractivity contribution is -0.306. The largest absolute Gasteiger partial charge is 0.550 e. The van der Waals surface area contributed by atoms with Crippen LogP contribution in [0.2, 0.25) is 0 Å². The third-order valence-electron chi connectivity index (χ3n) is 3.37. The molecule has 0 saturated carbocycles. The molecule has 0 aliphatic heterocycles. The van der Waals surface area contributed by atoms with Gasteiger partial charge in [0.05, 0.1) is 6.61 Å². The molecule has 0 spiro atoms. The van der Waals surface area contributed by atoms with Crippen molar-refractivity contribution >= 4 is 28.4 Å². The van der Waals surface area contributed by atoms with Crippen LogP contribution in [-0.4, -0.2) is 23.5 Å². The molecule has 6 nitrogen and oxygen atoms in total. The zero-order chi connectivity index (χ0) is 15.9. The number of carbonyl (C=O) groups excluding carboxylic acids is 2. The molecule has 0 bridgehead atoms. The molecule has 0 amide bonds. The molecule has 0 radical (unpaired) electrons. The van der Waals surface area contributed by atoms with Crippen LogP contribution in [0.5, 0.6) is 0 Å². The predicted molar refractivity (Wildman–Crippen MR) is 78.6 cm³/mol. The number of carboxylic acid groups (broad SMARTS) is 1. The number of carbonyl (C=O) groups is 2. The van der Waals surface area contributed by atoms with Crippen LogP contribution in [0.1, 0.15) is 50.8 Å². The van der Waals surface area contributed by atoms with Gasteiger partial charge in [-0.15, -0.1) is 11.3 Å². The van der Waals surface area contributed by atoms with Crippen molar-refractivity contribution in [3.8, 4) is 0 Å². The molecule has 1 rings (SSSR count). The number of carboxylic acids is 1. The van der Waals surface area contributed by atoms with Crippen molar-refractivity contribution in [2.75, 3.05) is 12.3 Å². The summed E-state index contributed by atoms with van der Waals surface area (Å²) >= 11 is 1.20. The maximum absolute atomic E-state index is 12.5. The zero-order valence-electron chi connectivity index (χ0n) is 12.4. The van der Waals surface area contributed by atoms with Crippen LogP contribution in [0.4, 0.5) is 5.13 Å². The molecule has 0 aromatic carbocycles. The number of unbranched alkanes of at least 4 members (excludes halogenated alkanes) is 1. The van der Waals surface area contributed by atoms with E-state index < -0.39 is 17.4 Å². The van der Waals surface area contributed by atoms with Crippen LogP contribution in [0.3, 0.4) is 0 Å². The minimum absolute atomic E-state index is 0.135. The summed E-state index contributed by atoms with van der Waals surface area (Å²) in [5, 5.41) is 11.2. The van der Waals surface area contributed by atoms with Gasteiger partial charge in [0.1, 0.15) is 5.41 Å². The number of aliphatic carboxylic acids is 1. The molecule has 0 aliphatic rings. The standard InChI is InChI=1S/C14H22N2O4S/c1-3-5-7-14(8-6-11(17)18,12(19)20-4-2)10-9-16-13(15)21-10/h9H,3-8H2,1-2H3,(H2,15,16)(H,17,18)/p-1/t14-/m0/s1. The number of ether oxygens (including phenoxy) is 1. The number of rotatable bonds is 9. The molecule has 0 aliphatic carbocycles. The maximum atomic E-state index is 12.5. The second-order valence-electron chi connectivity index (χ2n) is 4.84. The van der Waals surface area contributed by atoms with E-state index in [1.54, 1.807) is 13.1 Å². The molecule has 0 unspecified atom stereocenters. The van der Waals surface area contributed by atoms with Gasteiger partial charge in [0.2, 0.25) is 0 Å². The van der Waals surface area contributed by atoms with Gasteiger partial charge in [-0.2, -0.15) is 0 Å². The lowest BCUT2D eigenvalue weighted by Crippen LogP contribution is -2.39. The van der Waals surface area contributed by atoms with Gasteiger partial charge in [-0.1, -0.05) is 19.8 Å². The Labute approximate surface area is 128 Å². The lowest BCUT2D eigenvalue weighted by Gasteiger charge is -2.30. The second kappa shape index (κ2) is 7.97. The fourth-order valence-electron chi connectivity index (χ4n) is 2.25. The topological polar surface area (TPSA) is 105 Å².